The molecule has 1 aliphatic heterocycles. The van der Waals surface area contributed by atoms with Gasteiger partial charge in [0.25, 0.3) is 0 Å². The van der Waals surface area contributed by atoms with Crippen LogP contribution in [0, 0.1) is 5.92 Å². The summed E-state index contributed by atoms with van der Waals surface area (Å²) in [4.78, 5) is 23.6. The van der Waals surface area contributed by atoms with Crippen molar-refractivity contribution < 1.29 is 32.2 Å². The number of nitrogens with zero attached hydrogens (tertiary/aromatic N) is 1. The number of esters is 2. The number of carbonyl (C=O) groups is 2. The van der Waals surface area contributed by atoms with Crippen LogP contribution < -0.4 is 0 Å². The molecule has 1 atom stereocenters. The van der Waals surface area contributed by atoms with E-state index in [1.54, 1.807) is 20.8 Å². The van der Waals surface area contributed by atoms with Crippen LogP contribution in [0.1, 0.15) is 59.3 Å². The number of methoxy groups -OCH3 is 1. The van der Waals surface area contributed by atoms with Crippen LogP contribution in [0.4, 0.5) is 0 Å². The van der Waals surface area contributed by atoms with Gasteiger partial charge in [0, 0.05) is 12.6 Å². The zero-order valence-electron chi connectivity index (χ0n) is 17.3. The Bertz CT molecular complexity index is 648. The molecule has 1 heterocycles. The van der Waals surface area contributed by atoms with Gasteiger partial charge in [0.2, 0.25) is 10.0 Å². The predicted octanol–water partition coefficient (Wildman–Crippen LogP) is 1.87. The molecule has 1 aliphatic carbocycles. The second-order valence-electron chi connectivity index (χ2n) is 8.58. The molecule has 0 bridgehead atoms. The maximum absolute atomic E-state index is 12.7. The molecule has 1 saturated carbocycles. The van der Waals surface area contributed by atoms with Gasteiger partial charge in [-0.25, -0.2) is 8.42 Å². The minimum atomic E-state index is -3.74. The van der Waals surface area contributed by atoms with E-state index in [4.69, 9.17) is 14.2 Å². The van der Waals surface area contributed by atoms with Crippen molar-refractivity contribution in [3.63, 3.8) is 0 Å². The molecule has 2 rings (SSSR count). The largest absolute Gasteiger partial charge is 0.469 e. The van der Waals surface area contributed by atoms with Gasteiger partial charge in [0.1, 0.15) is 5.60 Å². The van der Waals surface area contributed by atoms with Gasteiger partial charge in [-0.15, -0.1) is 0 Å². The van der Waals surface area contributed by atoms with E-state index in [0.29, 0.717) is 19.6 Å². The van der Waals surface area contributed by atoms with Crippen LogP contribution in [0.2, 0.25) is 0 Å². The van der Waals surface area contributed by atoms with Crippen molar-refractivity contribution in [1.29, 1.82) is 0 Å². The number of sulfonamides is 1. The third-order valence-corrected chi connectivity index (χ3v) is 6.93. The molecule has 8 nitrogen and oxygen atoms in total. The van der Waals surface area contributed by atoms with Crippen molar-refractivity contribution in [2.45, 2.75) is 77.0 Å². The Hall–Kier alpha value is -1.19. The van der Waals surface area contributed by atoms with Gasteiger partial charge in [-0.1, -0.05) is 0 Å². The van der Waals surface area contributed by atoms with E-state index in [1.807, 2.05) is 0 Å². The van der Waals surface area contributed by atoms with Crippen LogP contribution in [0.5, 0.6) is 0 Å². The van der Waals surface area contributed by atoms with E-state index < -0.39 is 27.3 Å². The minimum Gasteiger partial charge on any atom is -0.469 e. The van der Waals surface area contributed by atoms with Crippen molar-refractivity contribution in [2.75, 3.05) is 26.0 Å². The molecule has 0 aromatic rings. The maximum Gasteiger partial charge on any atom is 0.323 e. The van der Waals surface area contributed by atoms with Crippen LogP contribution in [0.25, 0.3) is 0 Å². The molecule has 0 unspecified atom stereocenters. The van der Waals surface area contributed by atoms with Gasteiger partial charge in [0.15, 0.2) is 5.75 Å². The smallest absolute Gasteiger partial charge is 0.323 e. The third-order valence-electron chi connectivity index (χ3n) is 5.13. The summed E-state index contributed by atoms with van der Waals surface area (Å²) in [5.41, 5.74) is -0.719. The molecule has 162 valence electrons. The van der Waals surface area contributed by atoms with Crippen LogP contribution in [-0.4, -0.2) is 68.4 Å². The van der Waals surface area contributed by atoms with Crippen molar-refractivity contribution in [3.05, 3.63) is 0 Å². The lowest BCUT2D eigenvalue weighted by atomic mass is 9.87. The first-order valence-electron chi connectivity index (χ1n) is 9.92. The molecule has 0 amide bonds. The van der Waals surface area contributed by atoms with Crippen LogP contribution >= 0.6 is 0 Å². The molecule has 9 heteroatoms. The summed E-state index contributed by atoms with van der Waals surface area (Å²) < 4.78 is 42.6. The fourth-order valence-corrected chi connectivity index (χ4v) is 5.37. The molecule has 0 N–H and O–H groups in total. The Balaban J connectivity index is 1.84. The first kappa shape index (κ1) is 23.1. The van der Waals surface area contributed by atoms with Gasteiger partial charge in [-0.3, -0.25) is 9.59 Å². The summed E-state index contributed by atoms with van der Waals surface area (Å²) in [5, 5.41) is 0. The molecule has 1 saturated heterocycles. The van der Waals surface area contributed by atoms with Gasteiger partial charge in [-0.2, -0.15) is 4.31 Å². The van der Waals surface area contributed by atoms with Gasteiger partial charge < -0.3 is 14.2 Å². The average molecular weight is 420 g/mol. The highest BCUT2D eigenvalue weighted by Gasteiger charge is 2.37. The zero-order valence-corrected chi connectivity index (χ0v) is 18.1. The quantitative estimate of drug-likeness (QED) is 0.581. The zero-order chi connectivity index (χ0) is 20.9. The average Bonchev–Trinajstić information content (AvgIpc) is 3.07. The monoisotopic (exact) mass is 419 g/mol. The van der Waals surface area contributed by atoms with Gasteiger partial charge in [-0.05, 0) is 59.3 Å². The molecule has 0 aromatic carbocycles. The molecule has 28 heavy (non-hydrogen) atoms. The SMILES string of the molecule is COC(=O)C1CCC(OC[C@@H]2CCCN2S(=O)(=O)CC(=O)OC(C)(C)C)CC1. The van der Waals surface area contributed by atoms with E-state index in [2.05, 4.69) is 0 Å². The summed E-state index contributed by atoms with van der Waals surface area (Å²) in [5.74, 6) is -1.62. The highest BCUT2D eigenvalue weighted by atomic mass is 32.2. The topological polar surface area (TPSA) is 99.2 Å². The lowest BCUT2D eigenvalue weighted by Crippen LogP contribution is -2.43. The number of rotatable bonds is 7. The summed E-state index contributed by atoms with van der Waals surface area (Å²) in [7, 11) is -2.34. The Morgan fingerprint density at radius 2 is 1.71 bits per heavy atom. The lowest BCUT2D eigenvalue weighted by Gasteiger charge is -2.30. The van der Waals surface area contributed by atoms with Crippen molar-refractivity contribution in [3.8, 4) is 0 Å². The summed E-state index contributed by atoms with van der Waals surface area (Å²) in [6.45, 7) is 5.83. The third kappa shape index (κ3) is 6.70. The predicted molar refractivity (Wildman–Crippen MR) is 103 cm³/mol. The number of ether oxygens (including phenoxy) is 3. The first-order valence-corrected chi connectivity index (χ1v) is 11.5. The molecule has 0 radical (unpaired) electrons. The molecule has 2 aliphatic rings. The second-order valence-corrected chi connectivity index (χ2v) is 10.5. The Morgan fingerprint density at radius 3 is 2.29 bits per heavy atom. The highest BCUT2D eigenvalue weighted by Crippen LogP contribution is 2.29. The van der Waals surface area contributed by atoms with Gasteiger partial charge in [0.05, 0.1) is 25.7 Å². The van der Waals surface area contributed by atoms with Crippen molar-refractivity contribution >= 4 is 22.0 Å². The minimum absolute atomic E-state index is 0.0249. The van der Waals surface area contributed by atoms with Crippen LogP contribution in [0.15, 0.2) is 0 Å². The van der Waals surface area contributed by atoms with Crippen LogP contribution in [0.3, 0.4) is 0 Å². The number of carbonyl (C=O) groups excluding carboxylic acids is 2. The van der Waals surface area contributed by atoms with E-state index >= 15 is 0 Å². The normalized spacial score (nSPS) is 26.8. The van der Waals surface area contributed by atoms with E-state index in [0.717, 1.165) is 32.1 Å². The number of hydrogen-bond acceptors (Lipinski definition) is 7. The molecule has 0 aromatic heterocycles. The Morgan fingerprint density at radius 1 is 1.07 bits per heavy atom. The highest BCUT2D eigenvalue weighted by molar-refractivity contribution is 7.89. The lowest BCUT2D eigenvalue weighted by molar-refractivity contribution is -0.151. The van der Waals surface area contributed by atoms with E-state index in [-0.39, 0.29) is 24.0 Å². The molecular formula is C19H33NO7S. The molecular weight excluding hydrogens is 386 g/mol. The first-order chi connectivity index (χ1) is 13.0. The fraction of sp³-hybridized carbons (Fsp3) is 0.895. The van der Waals surface area contributed by atoms with Gasteiger partial charge >= 0.3 is 11.9 Å². The standard InChI is InChI=1S/C19H33NO7S/c1-19(2,3)27-17(21)13-28(23,24)20-11-5-6-15(20)12-26-16-9-7-14(8-10-16)18(22)25-4/h14-16H,5-13H2,1-4H3/t14?,15-,16?/m0/s1. The Labute approximate surface area is 167 Å². The summed E-state index contributed by atoms with van der Waals surface area (Å²) >= 11 is 0. The van der Waals surface area contributed by atoms with Crippen LogP contribution in [-0.2, 0) is 33.8 Å². The van der Waals surface area contributed by atoms with Crippen molar-refractivity contribution in [2.24, 2.45) is 5.92 Å². The second kappa shape index (κ2) is 9.54. The Kier molecular flexibility index (Phi) is 7.87. The van der Waals surface area contributed by atoms with E-state index in [1.165, 1.54) is 11.4 Å². The van der Waals surface area contributed by atoms with Crippen molar-refractivity contribution in [1.82, 2.24) is 4.31 Å². The maximum atomic E-state index is 12.7. The van der Waals surface area contributed by atoms with E-state index in [9.17, 15) is 18.0 Å². The number of hydrogen-bond donors (Lipinski definition) is 0. The summed E-state index contributed by atoms with van der Waals surface area (Å²) in [6.07, 6.45) is 4.46. The molecule has 2 fully saturated rings. The molecule has 0 spiro atoms. The summed E-state index contributed by atoms with van der Waals surface area (Å²) in [6, 6.07) is -0.259. The fourth-order valence-electron chi connectivity index (χ4n) is 3.82.